The Labute approximate surface area is 179 Å². The SMILES string of the molecule is NC(=O)C(Cc1ccccc1)NC(=O)C(Cc1ccccc1)NC(=O)c1cnccn1. The van der Waals surface area contributed by atoms with Crippen molar-refractivity contribution in [3.05, 3.63) is 96.1 Å². The standard InChI is InChI=1S/C23H23N5O3/c24-21(29)18(13-16-7-3-1-4-8-16)27-22(30)19(14-17-9-5-2-6-10-17)28-23(31)20-15-25-11-12-26-20/h1-12,15,18-19H,13-14H2,(H2,24,29)(H,27,30)(H,28,31). The van der Waals surface area contributed by atoms with Crippen LogP contribution in [0, 0.1) is 0 Å². The number of benzene rings is 2. The average Bonchev–Trinajstić information content (AvgIpc) is 2.80. The Morgan fingerprint density at radius 1 is 0.806 bits per heavy atom. The van der Waals surface area contributed by atoms with Crippen molar-refractivity contribution >= 4 is 17.7 Å². The topological polar surface area (TPSA) is 127 Å². The number of nitrogens with one attached hydrogen (secondary N) is 2. The molecule has 0 saturated heterocycles. The fraction of sp³-hybridized carbons (Fsp3) is 0.174. The van der Waals surface area contributed by atoms with Gasteiger partial charge in [0.1, 0.15) is 17.8 Å². The Hall–Kier alpha value is -4.07. The van der Waals surface area contributed by atoms with E-state index < -0.39 is 29.8 Å². The number of hydrogen-bond donors (Lipinski definition) is 3. The quantitative estimate of drug-likeness (QED) is 0.479. The number of carbonyl (C=O) groups is 3. The number of hydrogen-bond acceptors (Lipinski definition) is 5. The summed E-state index contributed by atoms with van der Waals surface area (Å²) in [6.45, 7) is 0. The van der Waals surface area contributed by atoms with E-state index >= 15 is 0 Å². The van der Waals surface area contributed by atoms with Crippen molar-refractivity contribution in [2.24, 2.45) is 5.73 Å². The third-order valence-corrected chi connectivity index (χ3v) is 4.64. The summed E-state index contributed by atoms with van der Waals surface area (Å²) in [5, 5.41) is 5.36. The van der Waals surface area contributed by atoms with Gasteiger partial charge in [-0.3, -0.25) is 19.4 Å². The maximum Gasteiger partial charge on any atom is 0.272 e. The molecule has 3 amide bonds. The molecule has 0 saturated carbocycles. The third kappa shape index (κ3) is 6.46. The number of primary amides is 1. The first-order valence-corrected chi connectivity index (χ1v) is 9.77. The van der Waals surface area contributed by atoms with Gasteiger partial charge in [-0.25, -0.2) is 4.98 Å². The van der Waals surface area contributed by atoms with Gasteiger partial charge in [-0.2, -0.15) is 0 Å². The van der Waals surface area contributed by atoms with Crippen LogP contribution in [-0.4, -0.2) is 39.8 Å². The minimum atomic E-state index is -0.936. The second-order valence-electron chi connectivity index (χ2n) is 6.96. The van der Waals surface area contributed by atoms with E-state index in [1.807, 2.05) is 60.7 Å². The summed E-state index contributed by atoms with van der Waals surface area (Å²) >= 11 is 0. The molecule has 2 unspecified atom stereocenters. The fourth-order valence-electron chi connectivity index (χ4n) is 3.05. The van der Waals surface area contributed by atoms with Crippen LogP contribution in [-0.2, 0) is 22.4 Å². The maximum absolute atomic E-state index is 13.0. The summed E-state index contributed by atoms with van der Waals surface area (Å²) in [7, 11) is 0. The van der Waals surface area contributed by atoms with Crippen molar-refractivity contribution in [3.63, 3.8) is 0 Å². The Kier molecular flexibility index (Phi) is 7.42. The normalized spacial score (nSPS) is 12.4. The van der Waals surface area contributed by atoms with E-state index in [-0.39, 0.29) is 18.5 Å². The number of nitrogens with two attached hydrogens (primary N) is 1. The Morgan fingerprint density at radius 3 is 1.90 bits per heavy atom. The minimum Gasteiger partial charge on any atom is -0.368 e. The molecular formula is C23H23N5O3. The first-order chi connectivity index (χ1) is 15.0. The van der Waals surface area contributed by atoms with Gasteiger partial charge in [0.25, 0.3) is 5.91 Å². The lowest BCUT2D eigenvalue weighted by Crippen LogP contribution is -2.54. The number of nitrogens with zero attached hydrogens (tertiary/aromatic N) is 2. The van der Waals surface area contributed by atoms with Crippen LogP contribution in [0.1, 0.15) is 21.6 Å². The molecule has 4 N–H and O–H groups in total. The molecule has 3 rings (SSSR count). The van der Waals surface area contributed by atoms with Gasteiger partial charge in [0.2, 0.25) is 11.8 Å². The summed E-state index contributed by atoms with van der Waals surface area (Å²) < 4.78 is 0. The molecule has 2 aromatic carbocycles. The summed E-state index contributed by atoms with van der Waals surface area (Å²) in [5.74, 6) is -1.71. The van der Waals surface area contributed by atoms with Gasteiger partial charge in [-0.05, 0) is 11.1 Å². The maximum atomic E-state index is 13.0. The van der Waals surface area contributed by atoms with E-state index in [1.54, 1.807) is 0 Å². The minimum absolute atomic E-state index is 0.0871. The molecule has 8 heteroatoms. The van der Waals surface area contributed by atoms with Crippen LogP contribution in [0.2, 0.25) is 0 Å². The van der Waals surface area contributed by atoms with Gasteiger partial charge in [0, 0.05) is 25.2 Å². The molecule has 0 bridgehead atoms. The second-order valence-corrected chi connectivity index (χ2v) is 6.96. The van der Waals surface area contributed by atoms with E-state index in [0.29, 0.717) is 0 Å². The van der Waals surface area contributed by atoms with E-state index in [9.17, 15) is 14.4 Å². The molecular weight excluding hydrogens is 394 g/mol. The van der Waals surface area contributed by atoms with Crippen molar-refractivity contribution < 1.29 is 14.4 Å². The van der Waals surface area contributed by atoms with Crippen LogP contribution in [0.4, 0.5) is 0 Å². The molecule has 158 valence electrons. The van der Waals surface area contributed by atoms with Gasteiger partial charge in [-0.1, -0.05) is 60.7 Å². The zero-order valence-electron chi connectivity index (χ0n) is 16.8. The molecule has 31 heavy (non-hydrogen) atoms. The number of aromatic nitrogens is 2. The molecule has 2 atom stereocenters. The number of rotatable bonds is 9. The lowest BCUT2D eigenvalue weighted by atomic mass is 10.0. The monoisotopic (exact) mass is 417 g/mol. The second kappa shape index (κ2) is 10.6. The van der Waals surface area contributed by atoms with Gasteiger partial charge < -0.3 is 16.4 Å². The molecule has 0 radical (unpaired) electrons. The lowest BCUT2D eigenvalue weighted by molar-refractivity contribution is -0.128. The van der Waals surface area contributed by atoms with E-state index in [0.717, 1.165) is 11.1 Å². The average molecular weight is 417 g/mol. The van der Waals surface area contributed by atoms with Crippen LogP contribution in [0.15, 0.2) is 79.3 Å². The van der Waals surface area contributed by atoms with Gasteiger partial charge >= 0.3 is 0 Å². The molecule has 0 aliphatic heterocycles. The summed E-state index contributed by atoms with van der Waals surface area (Å²) in [6.07, 6.45) is 4.64. The van der Waals surface area contributed by atoms with E-state index in [2.05, 4.69) is 20.6 Å². The molecule has 0 aliphatic rings. The number of carbonyl (C=O) groups excluding carboxylic acids is 3. The first kappa shape index (κ1) is 21.6. The van der Waals surface area contributed by atoms with Gasteiger partial charge in [0.05, 0.1) is 6.20 Å². The molecule has 1 heterocycles. The fourth-order valence-corrected chi connectivity index (χ4v) is 3.05. The van der Waals surface area contributed by atoms with Gasteiger partial charge in [0.15, 0.2) is 0 Å². The zero-order valence-corrected chi connectivity index (χ0v) is 16.8. The Morgan fingerprint density at radius 2 is 1.39 bits per heavy atom. The molecule has 8 nitrogen and oxygen atoms in total. The van der Waals surface area contributed by atoms with Gasteiger partial charge in [-0.15, -0.1) is 0 Å². The van der Waals surface area contributed by atoms with Crippen molar-refractivity contribution in [2.45, 2.75) is 24.9 Å². The summed E-state index contributed by atoms with van der Waals surface area (Å²) in [5.41, 5.74) is 7.31. The predicted molar refractivity (Wildman–Crippen MR) is 115 cm³/mol. The smallest absolute Gasteiger partial charge is 0.272 e. The Bertz CT molecular complexity index is 1010. The van der Waals surface area contributed by atoms with Crippen molar-refractivity contribution in [1.29, 1.82) is 0 Å². The van der Waals surface area contributed by atoms with Crippen LogP contribution < -0.4 is 16.4 Å². The summed E-state index contributed by atoms with van der Waals surface area (Å²) in [6, 6.07) is 16.6. The van der Waals surface area contributed by atoms with Crippen LogP contribution in [0.3, 0.4) is 0 Å². The van der Waals surface area contributed by atoms with Crippen molar-refractivity contribution in [3.8, 4) is 0 Å². The third-order valence-electron chi connectivity index (χ3n) is 4.64. The predicted octanol–water partition coefficient (Wildman–Crippen LogP) is 1.03. The molecule has 0 spiro atoms. The largest absolute Gasteiger partial charge is 0.368 e. The highest BCUT2D eigenvalue weighted by Gasteiger charge is 2.27. The molecule has 3 aromatic rings. The van der Waals surface area contributed by atoms with E-state index in [1.165, 1.54) is 18.6 Å². The highest BCUT2D eigenvalue weighted by molar-refractivity contribution is 5.97. The summed E-state index contributed by atoms with van der Waals surface area (Å²) in [4.78, 5) is 45.4. The van der Waals surface area contributed by atoms with Crippen LogP contribution in [0.25, 0.3) is 0 Å². The Balaban J connectivity index is 1.76. The highest BCUT2D eigenvalue weighted by Crippen LogP contribution is 2.07. The first-order valence-electron chi connectivity index (χ1n) is 9.77. The van der Waals surface area contributed by atoms with Crippen LogP contribution >= 0.6 is 0 Å². The zero-order chi connectivity index (χ0) is 22.1. The van der Waals surface area contributed by atoms with E-state index in [4.69, 9.17) is 5.73 Å². The highest BCUT2D eigenvalue weighted by atomic mass is 16.2. The van der Waals surface area contributed by atoms with Crippen molar-refractivity contribution in [1.82, 2.24) is 20.6 Å². The number of amides is 3. The molecule has 1 aromatic heterocycles. The molecule has 0 aliphatic carbocycles. The lowest BCUT2D eigenvalue weighted by Gasteiger charge is -2.22. The van der Waals surface area contributed by atoms with Crippen LogP contribution in [0.5, 0.6) is 0 Å². The van der Waals surface area contributed by atoms with Crippen molar-refractivity contribution in [2.75, 3.05) is 0 Å². The molecule has 0 fully saturated rings.